The second-order valence-corrected chi connectivity index (χ2v) is 11.7. The van der Waals surface area contributed by atoms with Crippen LogP contribution in [0.4, 0.5) is 24.7 Å². The Morgan fingerprint density at radius 3 is 2.42 bits per heavy atom. The zero-order valence-electron chi connectivity index (χ0n) is 20.0. The van der Waals surface area contributed by atoms with Gasteiger partial charge in [-0.15, -0.1) is 10.2 Å². The van der Waals surface area contributed by atoms with Crippen molar-refractivity contribution in [3.8, 4) is 23.0 Å². The lowest BCUT2D eigenvalue weighted by Gasteiger charge is -2.34. The van der Waals surface area contributed by atoms with Crippen LogP contribution in [-0.2, 0) is 0 Å². The maximum absolute atomic E-state index is 13.2. The van der Waals surface area contributed by atoms with E-state index < -0.39 is 12.1 Å². The summed E-state index contributed by atoms with van der Waals surface area (Å²) in [6, 6.07) is 9.85. The molecule has 0 N–H and O–H groups in total. The van der Waals surface area contributed by atoms with Crippen molar-refractivity contribution in [1.29, 1.82) is 0 Å². The van der Waals surface area contributed by atoms with Crippen molar-refractivity contribution in [3.05, 3.63) is 39.5 Å². The monoisotopic (exact) mass is 609 g/mol. The van der Waals surface area contributed by atoms with E-state index in [0.29, 0.717) is 29.4 Å². The van der Waals surface area contributed by atoms with Crippen LogP contribution in [0.1, 0.15) is 37.7 Å². The van der Waals surface area contributed by atoms with E-state index >= 15 is 0 Å². The van der Waals surface area contributed by atoms with Crippen molar-refractivity contribution in [3.63, 3.8) is 0 Å². The summed E-state index contributed by atoms with van der Waals surface area (Å²) in [4.78, 5) is 8.71. The third-order valence-electron chi connectivity index (χ3n) is 7.89. The van der Waals surface area contributed by atoms with Crippen LogP contribution in [-0.4, -0.2) is 47.5 Å². The maximum Gasteiger partial charge on any atom is 0.393 e. The van der Waals surface area contributed by atoms with Gasteiger partial charge in [-0.2, -0.15) is 13.2 Å². The van der Waals surface area contributed by atoms with E-state index in [9.17, 15) is 13.2 Å². The van der Waals surface area contributed by atoms with Crippen molar-refractivity contribution < 1.29 is 17.6 Å². The molecule has 3 aromatic rings. The van der Waals surface area contributed by atoms with Crippen LogP contribution in [0.25, 0.3) is 23.0 Å². The summed E-state index contributed by atoms with van der Waals surface area (Å²) in [6.45, 7) is 4.16. The molecule has 10 heteroatoms. The molecule has 1 aliphatic carbocycles. The third kappa shape index (κ3) is 4.68. The van der Waals surface area contributed by atoms with Crippen molar-refractivity contribution in [2.45, 2.75) is 45.2 Å². The van der Waals surface area contributed by atoms with Gasteiger partial charge in [0.15, 0.2) is 0 Å². The Morgan fingerprint density at radius 1 is 0.972 bits per heavy atom. The second kappa shape index (κ2) is 8.88. The van der Waals surface area contributed by atoms with Crippen LogP contribution in [0.2, 0.25) is 0 Å². The molecule has 6 nitrogen and oxygen atoms in total. The van der Waals surface area contributed by atoms with Gasteiger partial charge in [0, 0.05) is 29.7 Å². The van der Waals surface area contributed by atoms with E-state index in [4.69, 9.17) is 4.42 Å². The van der Waals surface area contributed by atoms with E-state index in [-0.39, 0.29) is 18.9 Å². The largest absolute Gasteiger partial charge is 0.415 e. The van der Waals surface area contributed by atoms with Gasteiger partial charge in [0.05, 0.1) is 17.2 Å². The molecule has 1 atom stereocenters. The summed E-state index contributed by atoms with van der Waals surface area (Å²) >= 11 is 2.32. The molecule has 1 unspecified atom stereocenters. The molecule has 1 aromatic carbocycles. The molecule has 6 rings (SSSR count). The van der Waals surface area contributed by atoms with E-state index in [1.807, 2.05) is 25.1 Å². The Kier molecular flexibility index (Phi) is 5.92. The molecule has 0 amide bonds. The summed E-state index contributed by atoms with van der Waals surface area (Å²) in [5.41, 5.74) is 3.92. The predicted molar refractivity (Wildman–Crippen MR) is 140 cm³/mol. The van der Waals surface area contributed by atoms with Gasteiger partial charge in [-0.25, -0.2) is 4.98 Å². The van der Waals surface area contributed by atoms with Gasteiger partial charge < -0.3 is 14.2 Å². The molecular formula is C26H27F3IN5O. The topological polar surface area (TPSA) is 58.3 Å². The van der Waals surface area contributed by atoms with E-state index in [0.717, 1.165) is 33.5 Å². The van der Waals surface area contributed by atoms with Crippen LogP contribution in [0.3, 0.4) is 0 Å². The fourth-order valence-electron chi connectivity index (χ4n) is 5.44. The van der Waals surface area contributed by atoms with Gasteiger partial charge >= 0.3 is 6.18 Å². The SMILES string of the molecule is Cc1cc(-c2nnc(-c3ccc(I)cc3N3CCC4(CC3)CC4)o2)nc(N2CCC(C(F)(F)F)C2)c1. The van der Waals surface area contributed by atoms with Gasteiger partial charge in [0.2, 0.25) is 5.89 Å². The van der Waals surface area contributed by atoms with E-state index in [1.165, 1.54) is 25.7 Å². The van der Waals surface area contributed by atoms with Gasteiger partial charge in [-0.1, -0.05) is 0 Å². The van der Waals surface area contributed by atoms with Crippen LogP contribution in [0, 0.1) is 21.8 Å². The van der Waals surface area contributed by atoms with Crippen molar-refractivity contribution in [2.24, 2.45) is 11.3 Å². The number of hydrogen-bond donors (Lipinski definition) is 0. The van der Waals surface area contributed by atoms with Gasteiger partial charge in [-0.05, 0) is 103 Å². The summed E-state index contributed by atoms with van der Waals surface area (Å²) < 4.78 is 46.8. The van der Waals surface area contributed by atoms with Crippen LogP contribution < -0.4 is 9.80 Å². The number of benzene rings is 1. The average molecular weight is 609 g/mol. The first-order chi connectivity index (χ1) is 17.2. The molecule has 2 aliphatic heterocycles. The number of alkyl halides is 3. The van der Waals surface area contributed by atoms with Gasteiger partial charge in [0.25, 0.3) is 5.89 Å². The number of rotatable bonds is 4. The third-order valence-corrected chi connectivity index (χ3v) is 8.56. The zero-order valence-corrected chi connectivity index (χ0v) is 22.1. The lowest BCUT2D eigenvalue weighted by atomic mass is 9.93. The minimum absolute atomic E-state index is 0.0758. The first kappa shape index (κ1) is 24.0. The van der Waals surface area contributed by atoms with Crippen LogP contribution >= 0.6 is 22.6 Å². The number of piperidine rings is 1. The average Bonchev–Trinajstić information content (AvgIpc) is 3.25. The summed E-state index contributed by atoms with van der Waals surface area (Å²) in [7, 11) is 0. The number of pyridine rings is 1. The molecule has 0 radical (unpaired) electrons. The fraction of sp³-hybridized carbons (Fsp3) is 0.500. The summed E-state index contributed by atoms with van der Waals surface area (Å²) in [5.74, 6) is -0.135. The smallest absolute Gasteiger partial charge is 0.393 e. The Balaban J connectivity index is 1.27. The summed E-state index contributed by atoms with van der Waals surface area (Å²) in [5, 5.41) is 8.61. The van der Waals surface area contributed by atoms with Crippen molar-refractivity contribution >= 4 is 34.1 Å². The molecule has 190 valence electrons. The highest BCUT2D eigenvalue weighted by Gasteiger charge is 2.45. The highest BCUT2D eigenvalue weighted by molar-refractivity contribution is 14.1. The second-order valence-electron chi connectivity index (χ2n) is 10.4. The number of anilines is 2. The summed E-state index contributed by atoms with van der Waals surface area (Å²) in [6.07, 6.45) is 1.02. The predicted octanol–water partition coefficient (Wildman–Crippen LogP) is 6.48. The number of aryl methyl sites for hydroxylation is 1. The quantitative estimate of drug-likeness (QED) is 0.316. The highest BCUT2D eigenvalue weighted by atomic mass is 127. The molecule has 1 saturated carbocycles. The standard InChI is InChI=1S/C26H27F3IN5O/c1-16-12-20(31-22(13-16)35-9-4-17(15-35)26(27,28)29)24-33-32-23(36-24)19-3-2-18(30)14-21(19)34-10-7-25(5-6-25)8-11-34/h2-3,12-14,17H,4-11,15H2,1H3. The Labute approximate surface area is 221 Å². The lowest BCUT2D eigenvalue weighted by Crippen LogP contribution is -2.34. The molecule has 0 bridgehead atoms. The van der Waals surface area contributed by atoms with Crippen molar-refractivity contribution in [2.75, 3.05) is 36.0 Å². The molecule has 2 saturated heterocycles. The molecule has 1 spiro atoms. The number of halogens is 4. The Bertz CT molecular complexity index is 1280. The van der Waals surface area contributed by atoms with Gasteiger partial charge in [0.1, 0.15) is 11.5 Å². The maximum atomic E-state index is 13.2. The molecule has 3 aliphatic rings. The number of nitrogens with zero attached hydrogens (tertiary/aromatic N) is 5. The van der Waals surface area contributed by atoms with Crippen molar-refractivity contribution in [1.82, 2.24) is 15.2 Å². The normalized spacial score (nSPS) is 21.4. The number of aromatic nitrogens is 3. The Hall–Kier alpha value is -2.37. The van der Waals surface area contributed by atoms with Gasteiger partial charge in [-0.3, -0.25) is 0 Å². The molecule has 4 heterocycles. The minimum Gasteiger partial charge on any atom is -0.415 e. The minimum atomic E-state index is -4.19. The highest BCUT2D eigenvalue weighted by Crippen LogP contribution is 2.54. The van der Waals surface area contributed by atoms with E-state index in [2.05, 4.69) is 48.7 Å². The molecular weight excluding hydrogens is 582 g/mol. The zero-order chi connectivity index (χ0) is 25.1. The molecule has 2 aromatic heterocycles. The number of hydrogen-bond acceptors (Lipinski definition) is 6. The fourth-order valence-corrected chi connectivity index (χ4v) is 5.91. The van der Waals surface area contributed by atoms with E-state index in [1.54, 1.807) is 11.0 Å². The van der Waals surface area contributed by atoms with Crippen LogP contribution in [0.5, 0.6) is 0 Å². The first-order valence-electron chi connectivity index (χ1n) is 12.4. The molecule has 3 fully saturated rings. The lowest BCUT2D eigenvalue weighted by molar-refractivity contribution is -0.168. The first-order valence-corrected chi connectivity index (χ1v) is 13.5. The Morgan fingerprint density at radius 2 is 1.72 bits per heavy atom. The van der Waals surface area contributed by atoms with Crippen LogP contribution in [0.15, 0.2) is 34.7 Å². The molecule has 36 heavy (non-hydrogen) atoms.